The Labute approximate surface area is 178 Å². The van der Waals surface area contributed by atoms with Gasteiger partial charge in [0.15, 0.2) is 6.61 Å². The molecular weight excluding hydrogens is 410 g/mol. The van der Waals surface area contributed by atoms with E-state index < -0.39 is 23.2 Å². The van der Waals surface area contributed by atoms with Crippen molar-refractivity contribution < 1.29 is 19.4 Å². The van der Waals surface area contributed by atoms with Gasteiger partial charge in [-0.25, -0.2) is 5.01 Å². The lowest BCUT2D eigenvalue weighted by Gasteiger charge is -2.43. The Hall–Kier alpha value is -3.13. The first-order chi connectivity index (χ1) is 14.2. The number of alkyl halides is 1. The first kappa shape index (κ1) is 21.6. The molecule has 0 saturated carbocycles. The number of phenols is 1. The fourth-order valence-corrected chi connectivity index (χ4v) is 3.60. The van der Waals surface area contributed by atoms with E-state index in [2.05, 4.69) is 10.6 Å². The number of benzene rings is 2. The number of rotatable bonds is 7. The second kappa shape index (κ2) is 8.71. The van der Waals surface area contributed by atoms with E-state index in [4.69, 9.17) is 16.3 Å². The Morgan fingerprint density at radius 1 is 1.30 bits per heavy atom. The maximum Gasteiger partial charge on any atom is 0.276 e. The molecule has 8 nitrogen and oxygen atoms in total. The normalized spacial score (nSPS) is 18.2. The van der Waals surface area contributed by atoms with Crippen LogP contribution in [0.25, 0.3) is 0 Å². The monoisotopic (exact) mass is 431 g/mol. The van der Waals surface area contributed by atoms with Crippen molar-refractivity contribution in [3.63, 3.8) is 0 Å². The number of β-lactam (4-membered cyclic amide) rings is 1. The lowest BCUT2D eigenvalue weighted by atomic mass is 9.95. The third-order valence-corrected chi connectivity index (χ3v) is 5.34. The summed E-state index contributed by atoms with van der Waals surface area (Å²) in [7, 11) is 0. The number of amides is 2. The molecule has 9 heteroatoms. The Morgan fingerprint density at radius 3 is 2.57 bits per heavy atom. The highest BCUT2D eigenvalue weighted by molar-refractivity contribution is 6.33. The molecule has 3 rings (SSSR count). The van der Waals surface area contributed by atoms with Crippen molar-refractivity contribution in [3.8, 4) is 11.5 Å². The van der Waals surface area contributed by atoms with Crippen LogP contribution in [0.1, 0.15) is 42.5 Å². The molecule has 2 amide bonds. The van der Waals surface area contributed by atoms with Gasteiger partial charge in [-0.3, -0.25) is 15.0 Å². The van der Waals surface area contributed by atoms with Crippen LogP contribution in [0.5, 0.6) is 11.5 Å². The Balaban J connectivity index is 1.68. The van der Waals surface area contributed by atoms with Crippen LogP contribution in [0.15, 0.2) is 41.6 Å². The van der Waals surface area contributed by atoms with Crippen LogP contribution in [0.4, 0.5) is 5.69 Å². The van der Waals surface area contributed by atoms with Gasteiger partial charge < -0.3 is 9.84 Å². The summed E-state index contributed by atoms with van der Waals surface area (Å²) in [6, 6.07) is 9.02. The lowest BCUT2D eigenvalue weighted by molar-refractivity contribution is -0.157. The zero-order valence-corrected chi connectivity index (χ0v) is 17.5. The van der Waals surface area contributed by atoms with Crippen LogP contribution < -0.4 is 10.2 Å². The van der Waals surface area contributed by atoms with Gasteiger partial charge in [-0.15, -0.1) is 16.5 Å². The minimum absolute atomic E-state index is 0.0528. The van der Waals surface area contributed by atoms with Crippen LogP contribution in [0.2, 0.25) is 0 Å². The molecule has 1 aliphatic heterocycles. The van der Waals surface area contributed by atoms with Crippen molar-refractivity contribution in [3.05, 3.63) is 58.0 Å². The summed E-state index contributed by atoms with van der Waals surface area (Å²) in [6.45, 7) is 5.28. The average molecular weight is 432 g/mol. The number of nitroso groups, excluding NO2 is 1. The van der Waals surface area contributed by atoms with E-state index >= 15 is 0 Å². The molecule has 2 aromatic carbocycles. The number of hydrogen-bond acceptors (Lipinski definition) is 6. The number of ether oxygens (including phenoxy) is 1. The standard InChI is InChI=1S/C21H22ClN3O5/c1-11(2)15-9-16(24-29)12(3)8-17(15)30-10-18(27)23-25-20(19(22)21(25)28)13-4-6-14(26)7-5-13/h4-9,11,19-20,26H,10H2,1-3H3,(H,23,27). The molecule has 158 valence electrons. The molecule has 30 heavy (non-hydrogen) atoms. The molecule has 0 spiro atoms. The van der Waals surface area contributed by atoms with Gasteiger partial charge in [0, 0.05) is 0 Å². The van der Waals surface area contributed by atoms with E-state index in [0.29, 0.717) is 22.6 Å². The molecule has 0 radical (unpaired) electrons. The summed E-state index contributed by atoms with van der Waals surface area (Å²) in [5, 5.41) is 12.8. The third kappa shape index (κ3) is 4.23. The number of hydrazine groups is 1. The number of aromatic hydroxyl groups is 1. The maximum absolute atomic E-state index is 12.4. The van der Waals surface area contributed by atoms with E-state index in [-0.39, 0.29) is 18.3 Å². The highest BCUT2D eigenvalue weighted by atomic mass is 35.5. The van der Waals surface area contributed by atoms with Crippen molar-refractivity contribution in [2.45, 2.75) is 38.1 Å². The maximum atomic E-state index is 12.4. The number of nitrogens with zero attached hydrogens (tertiary/aromatic N) is 2. The quantitative estimate of drug-likeness (QED) is 0.393. The first-order valence-electron chi connectivity index (χ1n) is 9.39. The number of hydrogen-bond donors (Lipinski definition) is 2. The molecule has 0 aliphatic carbocycles. The SMILES string of the molecule is Cc1cc(OCC(=O)NN2C(=O)C(Cl)C2c2ccc(O)cc2)c(C(C)C)cc1N=O. The fraction of sp³-hybridized carbons (Fsp3) is 0.333. The van der Waals surface area contributed by atoms with Gasteiger partial charge in [0.25, 0.3) is 11.8 Å². The van der Waals surface area contributed by atoms with Gasteiger partial charge in [0.05, 0.1) is 0 Å². The predicted octanol–water partition coefficient (Wildman–Crippen LogP) is 3.82. The Morgan fingerprint density at radius 2 is 1.97 bits per heavy atom. The van der Waals surface area contributed by atoms with Gasteiger partial charge in [0.1, 0.15) is 28.6 Å². The van der Waals surface area contributed by atoms with Crippen LogP contribution in [0, 0.1) is 11.8 Å². The third-order valence-electron chi connectivity index (χ3n) is 4.92. The van der Waals surface area contributed by atoms with Crippen LogP contribution in [0.3, 0.4) is 0 Å². The molecule has 2 aromatic rings. The minimum atomic E-state index is -0.811. The second-order valence-electron chi connectivity index (χ2n) is 7.39. The molecule has 1 saturated heterocycles. The molecule has 1 heterocycles. The van der Waals surface area contributed by atoms with Crippen molar-refractivity contribution in [1.82, 2.24) is 10.4 Å². The topological polar surface area (TPSA) is 108 Å². The molecule has 2 N–H and O–H groups in total. The van der Waals surface area contributed by atoms with Crippen molar-refractivity contribution >= 4 is 29.1 Å². The smallest absolute Gasteiger partial charge is 0.276 e. The average Bonchev–Trinajstić information content (AvgIpc) is 2.72. The summed E-state index contributed by atoms with van der Waals surface area (Å²) in [5.41, 5.74) is 4.92. The summed E-state index contributed by atoms with van der Waals surface area (Å²) in [5.74, 6) is -0.335. The Bertz CT molecular complexity index is 977. The summed E-state index contributed by atoms with van der Waals surface area (Å²) in [6.07, 6.45) is 0. The van der Waals surface area contributed by atoms with E-state index in [0.717, 1.165) is 10.6 Å². The summed E-state index contributed by atoms with van der Waals surface area (Å²) >= 11 is 6.12. The van der Waals surface area contributed by atoms with Gasteiger partial charge in [-0.1, -0.05) is 26.0 Å². The van der Waals surface area contributed by atoms with E-state index in [1.165, 1.54) is 12.1 Å². The highest BCUT2D eigenvalue weighted by Gasteiger charge is 2.48. The van der Waals surface area contributed by atoms with E-state index in [1.54, 1.807) is 31.2 Å². The van der Waals surface area contributed by atoms with E-state index in [9.17, 15) is 19.6 Å². The largest absolute Gasteiger partial charge is 0.508 e. The molecule has 1 aliphatic rings. The summed E-state index contributed by atoms with van der Waals surface area (Å²) < 4.78 is 5.67. The van der Waals surface area contributed by atoms with Crippen LogP contribution in [-0.4, -0.2) is 33.9 Å². The van der Waals surface area contributed by atoms with Crippen molar-refractivity contribution in [1.29, 1.82) is 0 Å². The van der Waals surface area contributed by atoms with Gasteiger partial charge >= 0.3 is 0 Å². The fourth-order valence-electron chi connectivity index (χ4n) is 3.24. The molecular formula is C21H22ClN3O5. The van der Waals surface area contributed by atoms with Crippen LogP contribution >= 0.6 is 11.6 Å². The number of carbonyl (C=O) groups is 2. The number of carbonyl (C=O) groups excluding carboxylic acids is 2. The number of aryl methyl sites for hydroxylation is 1. The Kier molecular flexibility index (Phi) is 6.26. The number of nitrogens with one attached hydrogen (secondary N) is 1. The van der Waals surface area contributed by atoms with Crippen LogP contribution in [-0.2, 0) is 9.59 Å². The minimum Gasteiger partial charge on any atom is -0.508 e. The van der Waals surface area contributed by atoms with Gasteiger partial charge in [-0.2, -0.15) is 0 Å². The van der Waals surface area contributed by atoms with E-state index in [1.807, 2.05) is 13.8 Å². The van der Waals surface area contributed by atoms with Crippen molar-refractivity contribution in [2.75, 3.05) is 6.61 Å². The van der Waals surface area contributed by atoms with Gasteiger partial charge in [0.2, 0.25) is 0 Å². The second-order valence-corrected chi connectivity index (χ2v) is 7.86. The highest BCUT2D eigenvalue weighted by Crippen LogP contribution is 2.37. The number of phenolic OH excluding ortho intramolecular Hbond substituents is 1. The van der Waals surface area contributed by atoms with Gasteiger partial charge in [-0.05, 0) is 59.0 Å². The molecule has 2 unspecified atom stereocenters. The lowest BCUT2D eigenvalue weighted by Crippen LogP contribution is -2.63. The molecule has 0 bridgehead atoms. The first-order valence-corrected chi connectivity index (χ1v) is 9.82. The predicted molar refractivity (Wildman–Crippen MR) is 112 cm³/mol. The molecule has 1 fully saturated rings. The summed E-state index contributed by atoms with van der Waals surface area (Å²) in [4.78, 5) is 35.5. The number of halogens is 1. The zero-order chi connectivity index (χ0) is 22.0. The molecule has 2 atom stereocenters. The zero-order valence-electron chi connectivity index (χ0n) is 16.8. The van der Waals surface area contributed by atoms with Crippen molar-refractivity contribution in [2.24, 2.45) is 5.18 Å². The molecule has 0 aromatic heterocycles.